The van der Waals surface area contributed by atoms with Crippen LogP contribution in [0.3, 0.4) is 0 Å². The molecule has 0 spiro atoms. The summed E-state index contributed by atoms with van der Waals surface area (Å²) < 4.78 is 0. The van der Waals surface area contributed by atoms with Crippen LogP contribution in [0.15, 0.2) is 36.5 Å². The molecule has 3 aromatic rings. The molecule has 4 heteroatoms. The number of rotatable bonds is 1. The van der Waals surface area contributed by atoms with Crippen molar-refractivity contribution in [1.29, 1.82) is 5.26 Å². The number of nitriles is 1. The number of nitrogens with zero attached hydrogens (tertiary/aromatic N) is 3. The lowest BCUT2D eigenvalue weighted by molar-refractivity contribution is 1.19. The van der Waals surface area contributed by atoms with Gasteiger partial charge in [-0.1, -0.05) is 0 Å². The second kappa shape index (κ2) is 3.97. The molecule has 1 aromatic carbocycles. The van der Waals surface area contributed by atoms with Crippen LogP contribution in [0, 0.1) is 18.3 Å². The van der Waals surface area contributed by atoms with Crippen LogP contribution in [0.1, 0.15) is 11.3 Å². The molecule has 2 heterocycles. The molecule has 86 valence electrons. The summed E-state index contributed by atoms with van der Waals surface area (Å²) in [6, 6.07) is 11.4. The van der Waals surface area contributed by atoms with Crippen molar-refractivity contribution in [2.45, 2.75) is 6.92 Å². The minimum Gasteiger partial charge on any atom is -0.338 e. The third-order valence-electron chi connectivity index (χ3n) is 2.78. The molecule has 3 rings (SSSR count). The molecular formula is C14H10N4. The summed E-state index contributed by atoms with van der Waals surface area (Å²) in [5, 5.41) is 8.86. The highest BCUT2D eigenvalue weighted by atomic mass is 14.9. The Morgan fingerprint density at radius 2 is 2.11 bits per heavy atom. The van der Waals surface area contributed by atoms with Crippen molar-refractivity contribution in [3.8, 4) is 17.5 Å². The molecule has 0 saturated heterocycles. The summed E-state index contributed by atoms with van der Waals surface area (Å²) in [4.78, 5) is 11.9. The van der Waals surface area contributed by atoms with Crippen molar-refractivity contribution >= 4 is 11.0 Å². The van der Waals surface area contributed by atoms with Crippen LogP contribution in [0.25, 0.3) is 22.4 Å². The number of hydrogen-bond donors (Lipinski definition) is 1. The number of hydrogen-bond acceptors (Lipinski definition) is 3. The zero-order valence-corrected chi connectivity index (χ0v) is 9.81. The lowest BCUT2D eigenvalue weighted by atomic mass is 10.2. The quantitative estimate of drug-likeness (QED) is 0.704. The molecule has 0 aliphatic rings. The van der Waals surface area contributed by atoms with Gasteiger partial charge in [-0.25, -0.2) is 4.98 Å². The smallest absolute Gasteiger partial charge is 0.138 e. The summed E-state index contributed by atoms with van der Waals surface area (Å²) in [7, 11) is 0. The van der Waals surface area contributed by atoms with Crippen LogP contribution >= 0.6 is 0 Å². The van der Waals surface area contributed by atoms with Gasteiger partial charge in [-0.3, -0.25) is 4.98 Å². The normalized spacial score (nSPS) is 10.4. The van der Waals surface area contributed by atoms with Gasteiger partial charge in [0.1, 0.15) is 5.82 Å². The topological polar surface area (TPSA) is 65.4 Å². The first-order valence-corrected chi connectivity index (χ1v) is 5.59. The average Bonchev–Trinajstić information content (AvgIpc) is 2.81. The molecule has 0 bridgehead atoms. The van der Waals surface area contributed by atoms with Crippen molar-refractivity contribution in [2.24, 2.45) is 0 Å². The fourth-order valence-corrected chi connectivity index (χ4v) is 1.91. The summed E-state index contributed by atoms with van der Waals surface area (Å²) in [6.45, 7) is 1.94. The van der Waals surface area contributed by atoms with Gasteiger partial charge in [0.25, 0.3) is 0 Å². The fraction of sp³-hybridized carbons (Fsp3) is 0.0714. The predicted molar refractivity (Wildman–Crippen MR) is 68.8 cm³/mol. The van der Waals surface area contributed by atoms with Crippen molar-refractivity contribution < 1.29 is 0 Å². The van der Waals surface area contributed by atoms with Crippen molar-refractivity contribution in [1.82, 2.24) is 15.0 Å². The lowest BCUT2D eigenvalue weighted by Gasteiger charge is -1.96. The summed E-state index contributed by atoms with van der Waals surface area (Å²) >= 11 is 0. The van der Waals surface area contributed by atoms with E-state index in [4.69, 9.17) is 5.26 Å². The predicted octanol–water partition coefficient (Wildman–Crippen LogP) is 2.81. The molecule has 0 amide bonds. The standard InChI is InChI=1S/C14H10N4/c1-9-6-11(4-5-16-9)14-17-12-3-2-10(8-15)7-13(12)18-14/h2-7H,1H3,(H,17,18). The van der Waals surface area contributed by atoms with E-state index < -0.39 is 0 Å². The number of aryl methyl sites for hydroxylation is 1. The van der Waals surface area contributed by atoms with E-state index in [1.54, 1.807) is 18.3 Å². The number of imidazole rings is 1. The van der Waals surface area contributed by atoms with Gasteiger partial charge in [-0.2, -0.15) is 5.26 Å². The number of aromatic nitrogens is 3. The molecular weight excluding hydrogens is 224 g/mol. The van der Waals surface area contributed by atoms with Gasteiger partial charge in [0.05, 0.1) is 22.7 Å². The molecule has 0 atom stereocenters. The maximum Gasteiger partial charge on any atom is 0.138 e. The molecule has 0 fully saturated rings. The van der Waals surface area contributed by atoms with Crippen LogP contribution in [0.2, 0.25) is 0 Å². The van der Waals surface area contributed by atoms with Crippen molar-refractivity contribution in [3.05, 3.63) is 47.8 Å². The highest BCUT2D eigenvalue weighted by Gasteiger charge is 2.06. The largest absolute Gasteiger partial charge is 0.338 e. The minimum absolute atomic E-state index is 0.628. The van der Waals surface area contributed by atoms with E-state index in [1.807, 2.05) is 25.1 Å². The van der Waals surface area contributed by atoms with Gasteiger partial charge < -0.3 is 4.98 Å². The summed E-state index contributed by atoms with van der Waals surface area (Å²) in [5.74, 6) is 0.797. The molecule has 0 unspecified atom stereocenters. The Hall–Kier alpha value is -2.67. The Labute approximate surface area is 104 Å². The van der Waals surface area contributed by atoms with E-state index in [1.165, 1.54) is 0 Å². The first-order chi connectivity index (χ1) is 8.76. The zero-order chi connectivity index (χ0) is 12.5. The minimum atomic E-state index is 0.628. The van der Waals surface area contributed by atoms with E-state index in [2.05, 4.69) is 21.0 Å². The Bertz CT molecular complexity index is 765. The average molecular weight is 234 g/mol. The molecule has 1 N–H and O–H groups in total. The highest BCUT2D eigenvalue weighted by Crippen LogP contribution is 2.21. The van der Waals surface area contributed by atoms with E-state index in [0.717, 1.165) is 28.1 Å². The van der Waals surface area contributed by atoms with Gasteiger partial charge in [0, 0.05) is 17.5 Å². The van der Waals surface area contributed by atoms with E-state index in [0.29, 0.717) is 5.56 Å². The molecule has 0 aliphatic carbocycles. The molecule has 4 nitrogen and oxygen atoms in total. The number of pyridine rings is 1. The summed E-state index contributed by atoms with van der Waals surface area (Å²) in [5.41, 5.74) is 4.31. The van der Waals surface area contributed by atoms with Gasteiger partial charge in [0.15, 0.2) is 0 Å². The number of H-pyrrole nitrogens is 1. The summed E-state index contributed by atoms with van der Waals surface area (Å²) in [6.07, 6.45) is 1.76. The van der Waals surface area contributed by atoms with E-state index in [9.17, 15) is 0 Å². The Kier molecular flexibility index (Phi) is 2.31. The maximum atomic E-state index is 8.86. The first kappa shape index (κ1) is 10.5. The van der Waals surface area contributed by atoms with Crippen molar-refractivity contribution in [3.63, 3.8) is 0 Å². The van der Waals surface area contributed by atoms with Gasteiger partial charge >= 0.3 is 0 Å². The van der Waals surface area contributed by atoms with E-state index in [-0.39, 0.29) is 0 Å². The Morgan fingerprint density at radius 1 is 1.22 bits per heavy atom. The molecule has 0 radical (unpaired) electrons. The Morgan fingerprint density at radius 3 is 2.89 bits per heavy atom. The fourth-order valence-electron chi connectivity index (χ4n) is 1.91. The highest BCUT2D eigenvalue weighted by molar-refractivity contribution is 5.80. The zero-order valence-electron chi connectivity index (χ0n) is 9.81. The Balaban J connectivity index is 2.17. The van der Waals surface area contributed by atoms with E-state index >= 15 is 0 Å². The third-order valence-corrected chi connectivity index (χ3v) is 2.78. The number of fused-ring (bicyclic) bond motifs is 1. The monoisotopic (exact) mass is 234 g/mol. The lowest BCUT2D eigenvalue weighted by Crippen LogP contribution is -1.84. The molecule has 2 aromatic heterocycles. The molecule has 0 saturated carbocycles. The van der Waals surface area contributed by atoms with Crippen molar-refractivity contribution in [2.75, 3.05) is 0 Å². The number of nitrogens with one attached hydrogen (secondary N) is 1. The molecule has 18 heavy (non-hydrogen) atoms. The van der Waals surface area contributed by atoms with Crippen LogP contribution in [-0.4, -0.2) is 15.0 Å². The van der Waals surface area contributed by atoms with Crippen LogP contribution in [-0.2, 0) is 0 Å². The SMILES string of the molecule is Cc1cc(-c2nc3ccc(C#N)cc3[nH]2)ccn1. The van der Waals surface area contributed by atoms with Crippen LogP contribution in [0.5, 0.6) is 0 Å². The third kappa shape index (κ3) is 1.72. The van der Waals surface area contributed by atoms with Gasteiger partial charge in [-0.05, 0) is 37.3 Å². The second-order valence-electron chi connectivity index (χ2n) is 4.12. The molecule has 0 aliphatic heterocycles. The van der Waals surface area contributed by atoms with Gasteiger partial charge in [-0.15, -0.1) is 0 Å². The van der Waals surface area contributed by atoms with Crippen LogP contribution < -0.4 is 0 Å². The first-order valence-electron chi connectivity index (χ1n) is 5.59. The second-order valence-corrected chi connectivity index (χ2v) is 4.12. The van der Waals surface area contributed by atoms with Crippen LogP contribution in [0.4, 0.5) is 0 Å². The van der Waals surface area contributed by atoms with Gasteiger partial charge in [0.2, 0.25) is 0 Å². The number of aromatic amines is 1. The maximum absolute atomic E-state index is 8.86. The number of benzene rings is 1.